The van der Waals surface area contributed by atoms with E-state index in [0.29, 0.717) is 6.54 Å². The molecular weight excluding hydrogens is 405 g/mol. The molecule has 32 heavy (non-hydrogen) atoms. The number of H-pyrrole nitrogens is 1. The van der Waals surface area contributed by atoms with Gasteiger partial charge in [-0.25, -0.2) is 14.4 Å². The van der Waals surface area contributed by atoms with Crippen LogP contribution in [0.4, 0.5) is 10.1 Å². The molecule has 1 aliphatic rings. The van der Waals surface area contributed by atoms with Gasteiger partial charge in [-0.05, 0) is 62.1 Å². The molecule has 0 bridgehead atoms. The van der Waals surface area contributed by atoms with Crippen LogP contribution in [0.5, 0.6) is 0 Å². The maximum atomic E-state index is 13.5. The Labute approximate surface area is 188 Å². The van der Waals surface area contributed by atoms with Crippen LogP contribution in [0.1, 0.15) is 30.9 Å². The highest BCUT2D eigenvalue weighted by Crippen LogP contribution is 2.24. The number of aliphatic imine (C=N–C) groups is 1. The van der Waals surface area contributed by atoms with Gasteiger partial charge >= 0.3 is 0 Å². The van der Waals surface area contributed by atoms with Crippen molar-refractivity contribution in [2.75, 3.05) is 24.5 Å². The fourth-order valence-electron chi connectivity index (χ4n) is 4.13. The van der Waals surface area contributed by atoms with Crippen LogP contribution >= 0.6 is 0 Å². The molecule has 7 nitrogen and oxygen atoms in total. The Bertz CT molecular complexity index is 1050. The summed E-state index contributed by atoms with van der Waals surface area (Å²) in [5, 5.41) is 13.8. The molecule has 2 aromatic carbocycles. The van der Waals surface area contributed by atoms with E-state index in [1.54, 1.807) is 6.07 Å². The quantitative estimate of drug-likeness (QED) is 0.407. The molecule has 0 amide bonds. The molecule has 3 N–H and O–H groups in total. The third-order valence-corrected chi connectivity index (χ3v) is 5.64. The van der Waals surface area contributed by atoms with Gasteiger partial charge in [0.05, 0.1) is 6.54 Å². The lowest BCUT2D eigenvalue weighted by Gasteiger charge is -2.36. The van der Waals surface area contributed by atoms with Gasteiger partial charge in [-0.1, -0.05) is 18.2 Å². The van der Waals surface area contributed by atoms with Crippen LogP contribution in [-0.4, -0.2) is 46.8 Å². The zero-order valence-corrected chi connectivity index (χ0v) is 18.6. The number of nitrogens with zero attached hydrogens (tertiary/aromatic N) is 4. The van der Waals surface area contributed by atoms with Gasteiger partial charge in [-0.15, -0.1) is 0 Å². The van der Waals surface area contributed by atoms with Crippen molar-refractivity contribution in [1.82, 2.24) is 25.8 Å². The van der Waals surface area contributed by atoms with Crippen LogP contribution in [0, 0.1) is 12.7 Å². The number of benzene rings is 2. The minimum absolute atomic E-state index is 0.188. The second kappa shape index (κ2) is 10.3. The van der Waals surface area contributed by atoms with E-state index in [0.717, 1.165) is 66.6 Å². The van der Waals surface area contributed by atoms with Crippen molar-refractivity contribution < 1.29 is 4.39 Å². The molecule has 0 radical (unpaired) electrons. The minimum Gasteiger partial charge on any atom is -0.369 e. The molecule has 4 rings (SSSR count). The third kappa shape index (κ3) is 5.43. The summed E-state index contributed by atoms with van der Waals surface area (Å²) < 4.78 is 13.5. The molecular formula is C24H30FN7. The number of hydrogen-bond donors (Lipinski definition) is 3. The van der Waals surface area contributed by atoms with Gasteiger partial charge in [-0.3, -0.25) is 5.10 Å². The highest BCUT2D eigenvalue weighted by Gasteiger charge is 2.22. The van der Waals surface area contributed by atoms with Crippen molar-refractivity contribution in [1.29, 1.82) is 0 Å². The number of piperidine rings is 1. The molecule has 1 fully saturated rings. The predicted octanol–water partition coefficient (Wildman–Crippen LogP) is 3.64. The fourth-order valence-corrected chi connectivity index (χ4v) is 4.13. The zero-order chi connectivity index (χ0) is 22.3. The molecule has 1 aliphatic heterocycles. The van der Waals surface area contributed by atoms with Gasteiger partial charge in [0.1, 0.15) is 12.1 Å². The Morgan fingerprint density at radius 3 is 2.97 bits per heavy atom. The predicted molar refractivity (Wildman–Crippen MR) is 126 cm³/mol. The van der Waals surface area contributed by atoms with Crippen LogP contribution in [0.15, 0.2) is 53.8 Å². The molecule has 1 saturated heterocycles. The van der Waals surface area contributed by atoms with Crippen molar-refractivity contribution in [2.24, 2.45) is 4.99 Å². The van der Waals surface area contributed by atoms with Gasteiger partial charge < -0.3 is 15.5 Å². The molecule has 1 atom stereocenters. The van der Waals surface area contributed by atoms with E-state index in [1.807, 2.05) is 25.1 Å². The fraction of sp³-hybridized carbons (Fsp3) is 0.375. The first kappa shape index (κ1) is 21.8. The molecule has 8 heteroatoms. The van der Waals surface area contributed by atoms with Crippen molar-refractivity contribution in [3.05, 3.63) is 65.7 Å². The summed E-state index contributed by atoms with van der Waals surface area (Å²) in [4.78, 5) is 11.4. The van der Waals surface area contributed by atoms with Crippen LogP contribution in [0.2, 0.25) is 0 Å². The highest BCUT2D eigenvalue weighted by atomic mass is 19.1. The Hall–Kier alpha value is -3.42. The number of rotatable bonds is 6. The Balaban J connectivity index is 1.42. The number of nitrogens with one attached hydrogen (secondary N) is 3. The second-order valence-electron chi connectivity index (χ2n) is 8.09. The maximum Gasteiger partial charge on any atom is 0.191 e. The third-order valence-electron chi connectivity index (χ3n) is 5.64. The summed E-state index contributed by atoms with van der Waals surface area (Å²) in [6.45, 7) is 7.22. The molecule has 3 aromatic rings. The minimum atomic E-state index is -0.188. The zero-order valence-electron chi connectivity index (χ0n) is 18.6. The van der Waals surface area contributed by atoms with Crippen LogP contribution in [0.3, 0.4) is 0 Å². The first-order chi connectivity index (χ1) is 15.6. The molecule has 1 unspecified atom stereocenters. The maximum absolute atomic E-state index is 13.5. The topological polar surface area (TPSA) is 81.2 Å². The average Bonchev–Trinajstić information content (AvgIpc) is 3.33. The van der Waals surface area contributed by atoms with E-state index in [4.69, 9.17) is 4.99 Å². The summed E-state index contributed by atoms with van der Waals surface area (Å²) in [6.07, 6.45) is 3.66. The molecule has 0 aliphatic carbocycles. The standard InChI is InChI=1S/C24H30FN7/c1-3-26-24(27-14-18-6-4-7-19(13-18)23-28-16-29-31-23)30-21-8-5-11-32(15-21)22-10-9-20(25)12-17(22)2/h4,6-7,9-10,12-13,16,21H,3,5,8,11,14-15H2,1-2H3,(H2,26,27,30)(H,28,29,31). The van der Waals surface area contributed by atoms with Crippen molar-refractivity contribution in [3.8, 4) is 11.4 Å². The number of hydrogen-bond acceptors (Lipinski definition) is 4. The summed E-state index contributed by atoms with van der Waals surface area (Å²) in [5.41, 5.74) is 4.16. The monoisotopic (exact) mass is 435 g/mol. The van der Waals surface area contributed by atoms with Gasteiger partial charge in [0.2, 0.25) is 0 Å². The number of guanidine groups is 1. The summed E-state index contributed by atoms with van der Waals surface area (Å²) in [7, 11) is 0. The van der Waals surface area contributed by atoms with E-state index >= 15 is 0 Å². The number of halogens is 1. The largest absolute Gasteiger partial charge is 0.369 e. The Kier molecular flexibility index (Phi) is 6.99. The van der Waals surface area contributed by atoms with E-state index < -0.39 is 0 Å². The van der Waals surface area contributed by atoms with Crippen LogP contribution in [0.25, 0.3) is 11.4 Å². The molecule has 2 heterocycles. The Morgan fingerprint density at radius 2 is 2.19 bits per heavy atom. The number of aryl methyl sites for hydroxylation is 1. The average molecular weight is 436 g/mol. The molecule has 0 saturated carbocycles. The normalized spacial score (nSPS) is 16.8. The van der Waals surface area contributed by atoms with E-state index in [2.05, 4.69) is 49.8 Å². The lowest BCUT2D eigenvalue weighted by atomic mass is 10.0. The highest BCUT2D eigenvalue weighted by molar-refractivity contribution is 5.80. The second-order valence-corrected chi connectivity index (χ2v) is 8.09. The number of aromatic amines is 1. The van der Waals surface area contributed by atoms with Crippen molar-refractivity contribution >= 4 is 11.6 Å². The van der Waals surface area contributed by atoms with E-state index in [-0.39, 0.29) is 11.9 Å². The first-order valence-corrected chi connectivity index (χ1v) is 11.1. The van der Waals surface area contributed by atoms with Gasteiger partial charge in [0.25, 0.3) is 0 Å². The van der Waals surface area contributed by atoms with Crippen molar-refractivity contribution in [2.45, 2.75) is 39.3 Å². The SMILES string of the molecule is CCNC(=NCc1cccc(-c2ncn[nH]2)c1)NC1CCCN(c2ccc(F)cc2C)C1. The van der Waals surface area contributed by atoms with E-state index in [9.17, 15) is 4.39 Å². The molecule has 168 valence electrons. The van der Waals surface area contributed by atoms with Gasteiger partial charge in [-0.2, -0.15) is 5.10 Å². The summed E-state index contributed by atoms with van der Waals surface area (Å²) in [6, 6.07) is 13.4. The number of aromatic nitrogens is 3. The first-order valence-electron chi connectivity index (χ1n) is 11.1. The Morgan fingerprint density at radius 1 is 1.28 bits per heavy atom. The van der Waals surface area contributed by atoms with Crippen LogP contribution < -0.4 is 15.5 Å². The lowest BCUT2D eigenvalue weighted by Crippen LogP contribution is -2.51. The van der Waals surface area contributed by atoms with Gasteiger partial charge in [0.15, 0.2) is 11.8 Å². The summed E-state index contributed by atoms with van der Waals surface area (Å²) in [5.74, 6) is 1.37. The van der Waals surface area contributed by atoms with Gasteiger partial charge in [0, 0.05) is 36.9 Å². The van der Waals surface area contributed by atoms with Crippen molar-refractivity contribution in [3.63, 3.8) is 0 Å². The van der Waals surface area contributed by atoms with E-state index in [1.165, 1.54) is 12.4 Å². The lowest BCUT2D eigenvalue weighted by molar-refractivity contribution is 0.467. The number of anilines is 1. The van der Waals surface area contributed by atoms with Crippen LogP contribution in [-0.2, 0) is 6.54 Å². The smallest absolute Gasteiger partial charge is 0.191 e. The molecule has 1 aromatic heterocycles. The summed E-state index contributed by atoms with van der Waals surface area (Å²) >= 11 is 0. The molecule has 0 spiro atoms.